The number of benzene rings is 1. The lowest BCUT2D eigenvalue weighted by Gasteiger charge is -2.11. The quantitative estimate of drug-likeness (QED) is 0.661. The number of aliphatic hydroxyl groups excluding tert-OH is 1. The molecule has 3 rings (SSSR count). The van der Waals surface area contributed by atoms with Crippen LogP contribution in [0, 0.1) is 0 Å². The maximum absolute atomic E-state index is 11.9. The summed E-state index contributed by atoms with van der Waals surface area (Å²) in [6, 6.07) is 8.95. The maximum atomic E-state index is 11.9. The zero-order chi connectivity index (χ0) is 16.6. The molecule has 0 amide bonds. The zero-order valence-electron chi connectivity index (χ0n) is 12.2. The molecule has 0 radical (unpaired) electrons. The summed E-state index contributed by atoms with van der Waals surface area (Å²) in [4.78, 5) is 18.1. The third-order valence-corrected chi connectivity index (χ3v) is 4.26. The van der Waals surface area contributed by atoms with Crippen molar-refractivity contribution < 1.29 is 13.5 Å². The molecule has 1 unspecified atom stereocenters. The fourth-order valence-corrected chi connectivity index (χ4v) is 2.73. The van der Waals surface area contributed by atoms with E-state index in [-0.39, 0.29) is 17.6 Å². The van der Waals surface area contributed by atoms with E-state index < -0.39 is 26.7 Å². The van der Waals surface area contributed by atoms with Gasteiger partial charge in [-0.05, 0) is 5.56 Å². The van der Waals surface area contributed by atoms with E-state index in [9.17, 15) is 18.3 Å². The van der Waals surface area contributed by atoms with Crippen LogP contribution in [0.1, 0.15) is 11.7 Å². The summed E-state index contributed by atoms with van der Waals surface area (Å²) < 4.78 is 24.5. The predicted molar refractivity (Wildman–Crippen MR) is 82.7 cm³/mol. The third kappa shape index (κ3) is 3.01. The standard InChI is InChI=1S/C14H14N4O4S/c1-23(21,22)14-16-12-10(13(20)17-14)7-15-18(12)8-11(19)9-5-3-2-4-6-9/h2-7,11,19H,8H2,1H3,(H,16,17,20). The Bertz CT molecular complexity index is 1010. The number of aromatic amines is 1. The molecule has 3 aromatic rings. The molecule has 1 aromatic carbocycles. The van der Waals surface area contributed by atoms with E-state index in [1.807, 2.05) is 6.07 Å². The number of H-pyrrole nitrogens is 1. The molecule has 1 atom stereocenters. The first-order chi connectivity index (χ1) is 10.9. The second-order valence-electron chi connectivity index (χ2n) is 5.13. The van der Waals surface area contributed by atoms with Crippen molar-refractivity contribution in [3.05, 3.63) is 52.4 Å². The van der Waals surface area contributed by atoms with Crippen LogP contribution in [0.25, 0.3) is 11.0 Å². The van der Waals surface area contributed by atoms with Gasteiger partial charge in [-0.15, -0.1) is 0 Å². The van der Waals surface area contributed by atoms with Crippen LogP contribution in [0.5, 0.6) is 0 Å². The van der Waals surface area contributed by atoms with Gasteiger partial charge in [-0.3, -0.25) is 9.78 Å². The molecule has 0 saturated carbocycles. The van der Waals surface area contributed by atoms with Gasteiger partial charge in [0.05, 0.1) is 18.8 Å². The van der Waals surface area contributed by atoms with Crippen molar-refractivity contribution in [2.75, 3.05) is 6.26 Å². The number of nitrogens with zero attached hydrogens (tertiary/aromatic N) is 3. The molecule has 0 fully saturated rings. The average molecular weight is 334 g/mol. The zero-order valence-corrected chi connectivity index (χ0v) is 13.0. The van der Waals surface area contributed by atoms with Gasteiger partial charge in [0, 0.05) is 6.26 Å². The summed E-state index contributed by atoms with van der Waals surface area (Å²) in [6.07, 6.45) is 1.39. The Hall–Kier alpha value is -2.52. The second kappa shape index (κ2) is 5.60. The summed E-state index contributed by atoms with van der Waals surface area (Å²) in [5.74, 6) is 0. The molecule has 9 heteroatoms. The van der Waals surface area contributed by atoms with Crippen LogP contribution in [-0.4, -0.2) is 39.5 Å². The van der Waals surface area contributed by atoms with Gasteiger partial charge in [-0.1, -0.05) is 30.3 Å². The minimum Gasteiger partial charge on any atom is -0.386 e. The lowest BCUT2D eigenvalue weighted by Crippen LogP contribution is -2.17. The van der Waals surface area contributed by atoms with E-state index in [1.165, 1.54) is 10.9 Å². The topological polar surface area (TPSA) is 118 Å². The summed E-state index contributed by atoms with van der Waals surface area (Å²) in [5, 5.41) is 14.0. The molecule has 0 spiro atoms. The number of aromatic nitrogens is 4. The van der Waals surface area contributed by atoms with E-state index in [0.29, 0.717) is 5.56 Å². The van der Waals surface area contributed by atoms with Gasteiger partial charge in [-0.2, -0.15) is 10.1 Å². The highest BCUT2D eigenvalue weighted by atomic mass is 32.2. The Balaban J connectivity index is 2.05. The fraction of sp³-hybridized carbons (Fsp3) is 0.214. The maximum Gasteiger partial charge on any atom is 0.262 e. The molecular formula is C14H14N4O4S. The van der Waals surface area contributed by atoms with Crippen LogP contribution in [0.4, 0.5) is 0 Å². The number of hydrogen-bond acceptors (Lipinski definition) is 6. The van der Waals surface area contributed by atoms with Crippen LogP contribution >= 0.6 is 0 Å². The Morgan fingerprint density at radius 3 is 2.65 bits per heavy atom. The first kappa shape index (κ1) is 15.4. The monoisotopic (exact) mass is 334 g/mol. The molecule has 8 nitrogen and oxygen atoms in total. The van der Waals surface area contributed by atoms with Crippen molar-refractivity contribution in [1.82, 2.24) is 19.7 Å². The Morgan fingerprint density at radius 2 is 2.00 bits per heavy atom. The van der Waals surface area contributed by atoms with Crippen molar-refractivity contribution >= 4 is 20.9 Å². The van der Waals surface area contributed by atoms with Crippen LogP contribution in [0.2, 0.25) is 0 Å². The van der Waals surface area contributed by atoms with Crippen LogP contribution < -0.4 is 5.56 Å². The van der Waals surface area contributed by atoms with Crippen molar-refractivity contribution in [3.8, 4) is 0 Å². The van der Waals surface area contributed by atoms with Gasteiger partial charge in [0.2, 0.25) is 15.0 Å². The Labute approximate surface area is 131 Å². The minimum absolute atomic E-state index is 0.0488. The number of hydrogen-bond donors (Lipinski definition) is 2. The second-order valence-corrected chi connectivity index (χ2v) is 7.06. The summed E-state index contributed by atoms with van der Waals surface area (Å²) in [6.45, 7) is 0.0488. The van der Waals surface area contributed by atoms with Gasteiger partial charge in [0.1, 0.15) is 5.39 Å². The molecule has 0 saturated heterocycles. The number of rotatable bonds is 4. The first-order valence-electron chi connectivity index (χ1n) is 6.75. The van der Waals surface area contributed by atoms with Crippen molar-refractivity contribution in [2.24, 2.45) is 0 Å². The van der Waals surface area contributed by atoms with Crippen molar-refractivity contribution in [2.45, 2.75) is 17.8 Å². The smallest absolute Gasteiger partial charge is 0.262 e. The lowest BCUT2D eigenvalue weighted by atomic mass is 10.1. The van der Waals surface area contributed by atoms with Crippen molar-refractivity contribution in [3.63, 3.8) is 0 Å². The highest BCUT2D eigenvalue weighted by Gasteiger charge is 2.18. The molecule has 0 aliphatic carbocycles. The number of nitrogens with one attached hydrogen (secondary N) is 1. The van der Waals surface area contributed by atoms with Gasteiger partial charge < -0.3 is 5.11 Å². The molecule has 0 aliphatic heterocycles. The molecule has 23 heavy (non-hydrogen) atoms. The van der Waals surface area contributed by atoms with Crippen molar-refractivity contribution in [1.29, 1.82) is 0 Å². The van der Waals surface area contributed by atoms with Gasteiger partial charge in [-0.25, -0.2) is 13.1 Å². The van der Waals surface area contributed by atoms with Crippen LogP contribution in [-0.2, 0) is 16.4 Å². The van der Waals surface area contributed by atoms with E-state index in [2.05, 4.69) is 15.1 Å². The van der Waals surface area contributed by atoms with Crippen LogP contribution in [0.3, 0.4) is 0 Å². The third-order valence-electron chi connectivity index (χ3n) is 3.37. The molecule has 2 aromatic heterocycles. The minimum atomic E-state index is -3.66. The van der Waals surface area contributed by atoms with E-state index in [4.69, 9.17) is 0 Å². The number of sulfone groups is 1. The first-order valence-corrected chi connectivity index (χ1v) is 8.64. The molecule has 0 bridgehead atoms. The van der Waals surface area contributed by atoms with Gasteiger partial charge in [0.25, 0.3) is 5.56 Å². The van der Waals surface area contributed by atoms with Crippen LogP contribution in [0.15, 0.2) is 46.5 Å². The molecule has 120 valence electrons. The predicted octanol–water partition coefficient (Wildman–Crippen LogP) is 0.257. The average Bonchev–Trinajstić information content (AvgIpc) is 2.91. The van der Waals surface area contributed by atoms with Gasteiger partial charge >= 0.3 is 0 Å². The molecular weight excluding hydrogens is 320 g/mol. The van der Waals surface area contributed by atoms with E-state index in [1.54, 1.807) is 24.3 Å². The number of aliphatic hydroxyl groups is 1. The lowest BCUT2D eigenvalue weighted by molar-refractivity contribution is 0.153. The molecule has 2 heterocycles. The summed E-state index contributed by atoms with van der Waals surface area (Å²) in [7, 11) is -3.66. The largest absolute Gasteiger partial charge is 0.386 e. The van der Waals surface area contributed by atoms with Gasteiger partial charge in [0.15, 0.2) is 5.65 Å². The normalized spacial score (nSPS) is 13.3. The molecule has 0 aliphatic rings. The summed E-state index contributed by atoms with van der Waals surface area (Å²) in [5.41, 5.74) is 0.212. The SMILES string of the molecule is CS(=O)(=O)c1nc2c(cnn2CC(O)c2ccccc2)c(=O)[nH]1. The molecule has 2 N–H and O–H groups in total. The Kier molecular flexibility index (Phi) is 3.74. The highest BCUT2D eigenvalue weighted by Crippen LogP contribution is 2.17. The van der Waals surface area contributed by atoms with E-state index in [0.717, 1.165) is 6.26 Å². The van der Waals surface area contributed by atoms with E-state index >= 15 is 0 Å². The highest BCUT2D eigenvalue weighted by molar-refractivity contribution is 7.90. The summed E-state index contributed by atoms with van der Waals surface area (Å²) >= 11 is 0. The Morgan fingerprint density at radius 1 is 1.30 bits per heavy atom. The fourth-order valence-electron chi connectivity index (χ4n) is 2.20. The number of fused-ring (bicyclic) bond motifs is 1.